The van der Waals surface area contributed by atoms with Crippen molar-refractivity contribution in [2.24, 2.45) is 5.14 Å². The highest BCUT2D eigenvalue weighted by Crippen LogP contribution is 2.16. The van der Waals surface area contributed by atoms with Crippen molar-refractivity contribution in [2.45, 2.75) is 12.0 Å². The maximum absolute atomic E-state index is 10.4. The van der Waals surface area contributed by atoms with Crippen LogP contribution in [0.2, 0.25) is 0 Å². The molecule has 0 spiro atoms. The molecule has 1 heterocycles. The van der Waals surface area contributed by atoms with Crippen molar-refractivity contribution in [2.75, 3.05) is 19.8 Å². The lowest BCUT2D eigenvalue weighted by molar-refractivity contribution is 0.0314. The molecular weight excluding hydrogens is 184 g/mol. The van der Waals surface area contributed by atoms with Crippen molar-refractivity contribution in [1.82, 2.24) is 4.72 Å². The Morgan fingerprint density at radius 2 is 2.33 bits per heavy atom. The number of rotatable bonds is 3. The molecule has 1 aliphatic heterocycles. The van der Waals surface area contributed by atoms with Crippen LogP contribution in [0.25, 0.3) is 0 Å². The maximum atomic E-state index is 10.4. The van der Waals surface area contributed by atoms with Gasteiger partial charge in [0.25, 0.3) is 10.2 Å². The maximum Gasteiger partial charge on any atom is 0.274 e. The van der Waals surface area contributed by atoms with Gasteiger partial charge in [-0.05, 0) is 0 Å². The molecule has 0 aliphatic carbocycles. The third-order valence-electron chi connectivity index (χ3n) is 1.68. The molecule has 0 amide bonds. The molecule has 0 aromatic rings. The first-order valence-corrected chi connectivity index (χ1v) is 5.03. The van der Waals surface area contributed by atoms with Gasteiger partial charge in [0.1, 0.15) is 5.60 Å². The lowest BCUT2D eigenvalue weighted by atomic mass is 10.1. The minimum Gasteiger partial charge on any atom is -0.386 e. The Labute approximate surface area is 70.9 Å². The molecule has 4 N–H and O–H groups in total. The van der Waals surface area contributed by atoms with E-state index in [1.54, 1.807) is 0 Å². The molecule has 0 radical (unpaired) electrons. The Hall–Kier alpha value is -0.210. The third kappa shape index (κ3) is 3.03. The molecule has 1 unspecified atom stereocenters. The fraction of sp³-hybridized carbons (Fsp3) is 1.00. The number of aliphatic hydroxyl groups is 1. The Morgan fingerprint density at radius 1 is 1.67 bits per heavy atom. The zero-order chi connectivity index (χ0) is 9.24. The van der Waals surface area contributed by atoms with E-state index < -0.39 is 15.8 Å². The minimum absolute atomic E-state index is 0.0914. The highest BCUT2D eigenvalue weighted by molar-refractivity contribution is 7.87. The first kappa shape index (κ1) is 9.87. The SMILES string of the molecule is NS(=O)(=O)NCC1(O)CCOC1. The molecule has 12 heavy (non-hydrogen) atoms. The number of ether oxygens (including phenoxy) is 1. The van der Waals surface area contributed by atoms with E-state index in [0.717, 1.165) is 0 Å². The zero-order valence-electron chi connectivity index (χ0n) is 6.49. The van der Waals surface area contributed by atoms with Crippen LogP contribution in [0.4, 0.5) is 0 Å². The number of hydrogen-bond donors (Lipinski definition) is 3. The normalized spacial score (nSPS) is 30.8. The van der Waals surface area contributed by atoms with Gasteiger partial charge in [-0.25, -0.2) is 5.14 Å². The van der Waals surface area contributed by atoms with Crippen molar-refractivity contribution in [1.29, 1.82) is 0 Å². The van der Waals surface area contributed by atoms with Gasteiger partial charge in [-0.1, -0.05) is 0 Å². The van der Waals surface area contributed by atoms with Crippen LogP contribution in [0.15, 0.2) is 0 Å². The predicted molar refractivity (Wildman–Crippen MR) is 41.5 cm³/mol. The number of nitrogens with two attached hydrogens (primary N) is 1. The monoisotopic (exact) mass is 196 g/mol. The summed E-state index contributed by atoms with van der Waals surface area (Å²) in [5, 5.41) is 14.2. The third-order valence-corrected chi connectivity index (χ3v) is 2.23. The molecule has 1 fully saturated rings. The second-order valence-corrected chi connectivity index (χ2v) is 4.27. The summed E-state index contributed by atoms with van der Waals surface area (Å²) in [6, 6.07) is 0. The Balaban J connectivity index is 2.41. The van der Waals surface area contributed by atoms with E-state index in [1.165, 1.54) is 0 Å². The summed E-state index contributed by atoms with van der Waals surface area (Å²) in [4.78, 5) is 0. The van der Waals surface area contributed by atoms with E-state index >= 15 is 0 Å². The average Bonchev–Trinajstić information content (AvgIpc) is 2.32. The highest BCUT2D eigenvalue weighted by atomic mass is 32.2. The first-order chi connectivity index (χ1) is 5.41. The second-order valence-electron chi connectivity index (χ2n) is 2.89. The predicted octanol–water partition coefficient (Wildman–Crippen LogP) is -2.07. The molecule has 1 aliphatic rings. The van der Waals surface area contributed by atoms with Crippen molar-refractivity contribution in [3.8, 4) is 0 Å². The van der Waals surface area contributed by atoms with Gasteiger partial charge in [0.05, 0.1) is 6.61 Å². The van der Waals surface area contributed by atoms with Gasteiger partial charge < -0.3 is 9.84 Å². The van der Waals surface area contributed by atoms with Crippen LogP contribution in [0.3, 0.4) is 0 Å². The minimum atomic E-state index is -3.72. The summed E-state index contributed by atoms with van der Waals surface area (Å²) in [6.07, 6.45) is 0.426. The van der Waals surface area contributed by atoms with Crippen molar-refractivity contribution in [3.05, 3.63) is 0 Å². The zero-order valence-corrected chi connectivity index (χ0v) is 7.30. The smallest absolute Gasteiger partial charge is 0.274 e. The van der Waals surface area contributed by atoms with Crippen LogP contribution in [0.1, 0.15) is 6.42 Å². The van der Waals surface area contributed by atoms with Gasteiger partial charge in [-0.15, -0.1) is 0 Å². The molecule has 7 heteroatoms. The molecule has 0 aromatic carbocycles. The quantitative estimate of drug-likeness (QED) is 0.482. The Morgan fingerprint density at radius 3 is 2.75 bits per heavy atom. The van der Waals surface area contributed by atoms with Crippen LogP contribution in [0, 0.1) is 0 Å². The van der Waals surface area contributed by atoms with Crippen LogP contribution < -0.4 is 9.86 Å². The van der Waals surface area contributed by atoms with E-state index in [-0.39, 0.29) is 13.2 Å². The van der Waals surface area contributed by atoms with Crippen LogP contribution in [-0.4, -0.2) is 38.9 Å². The Kier molecular flexibility index (Phi) is 2.69. The largest absolute Gasteiger partial charge is 0.386 e. The van der Waals surface area contributed by atoms with Gasteiger partial charge in [0.15, 0.2) is 0 Å². The van der Waals surface area contributed by atoms with E-state index in [9.17, 15) is 13.5 Å². The molecule has 6 nitrogen and oxygen atoms in total. The average molecular weight is 196 g/mol. The summed E-state index contributed by atoms with van der Waals surface area (Å²) >= 11 is 0. The van der Waals surface area contributed by atoms with Crippen LogP contribution >= 0.6 is 0 Å². The first-order valence-electron chi connectivity index (χ1n) is 3.49. The van der Waals surface area contributed by atoms with Crippen molar-refractivity contribution in [3.63, 3.8) is 0 Å². The fourth-order valence-electron chi connectivity index (χ4n) is 0.971. The number of hydrogen-bond acceptors (Lipinski definition) is 4. The molecule has 0 saturated carbocycles. The Bertz CT molecular complexity index is 244. The highest BCUT2D eigenvalue weighted by Gasteiger charge is 2.32. The lowest BCUT2D eigenvalue weighted by Crippen LogP contribution is -2.45. The van der Waals surface area contributed by atoms with Crippen molar-refractivity contribution >= 4 is 10.2 Å². The summed E-state index contributed by atoms with van der Waals surface area (Å²) < 4.78 is 27.8. The molecule has 72 valence electrons. The van der Waals surface area contributed by atoms with E-state index in [0.29, 0.717) is 13.0 Å². The van der Waals surface area contributed by atoms with Crippen LogP contribution in [0.5, 0.6) is 0 Å². The molecule has 0 bridgehead atoms. The van der Waals surface area contributed by atoms with E-state index in [1.807, 2.05) is 4.72 Å². The summed E-state index contributed by atoms with van der Waals surface area (Å²) in [5.74, 6) is 0. The fourth-order valence-corrected chi connectivity index (χ4v) is 1.44. The summed E-state index contributed by atoms with van der Waals surface area (Å²) in [6.45, 7) is 0.504. The van der Waals surface area contributed by atoms with Gasteiger partial charge in [-0.2, -0.15) is 13.1 Å². The van der Waals surface area contributed by atoms with Gasteiger partial charge in [0, 0.05) is 19.6 Å². The topological polar surface area (TPSA) is 102 Å². The van der Waals surface area contributed by atoms with E-state index in [2.05, 4.69) is 5.14 Å². The van der Waals surface area contributed by atoms with Gasteiger partial charge in [0.2, 0.25) is 0 Å². The molecule has 1 saturated heterocycles. The molecule has 1 atom stereocenters. The molecule has 0 aromatic heterocycles. The molecular formula is C5H12N2O4S. The lowest BCUT2D eigenvalue weighted by Gasteiger charge is -2.19. The van der Waals surface area contributed by atoms with Gasteiger partial charge in [-0.3, -0.25) is 0 Å². The summed E-state index contributed by atoms with van der Waals surface area (Å²) in [5.41, 5.74) is -1.09. The van der Waals surface area contributed by atoms with Crippen LogP contribution in [-0.2, 0) is 14.9 Å². The summed E-state index contributed by atoms with van der Waals surface area (Å²) in [7, 11) is -3.72. The van der Waals surface area contributed by atoms with E-state index in [4.69, 9.17) is 4.74 Å². The second kappa shape index (κ2) is 3.27. The number of nitrogens with one attached hydrogen (secondary N) is 1. The standard InChI is InChI=1S/C5H12N2O4S/c6-12(9,10)7-3-5(8)1-2-11-4-5/h7-8H,1-4H2,(H2,6,9,10). The molecule has 1 rings (SSSR count). The van der Waals surface area contributed by atoms with Crippen molar-refractivity contribution < 1.29 is 18.3 Å². The van der Waals surface area contributed by atoms with Gasteiger partial charge >= 0.3 is 0 Å².